The highest BCUT2D eigenvalue weighted by molar-refractivity contribution is 7.99. The third-order valence-corrected chi connectivity index (χ3v) is 6.84. The Kier molecular flexibility index (Phi) is 8.65. The molecule has 1 heterocycles. The molecule has 2 N–H and O–H groups in total. The van der Waals surface area contributed by atoms with Crippen molar-refractivity contribution in [2.75, 3.05) is 25.3 Å². The predicted octanol–water partition coefficient (Wildman–Crippen LogP) is 4.56. The number of thioether (sulfide) groups is 1. The molecule has 0 aliphatic carbocycles. The number of para-hydroxylation sites is 2. The Morgan fingerprint density at radius 1 is 0.921 bits per heavy atom. The molecule has 0 fully saturated rings. The van der Waals surface area contributed by atoms with Crippen LogP contribution in [0.5, 0.6) is 11.5 Å². The van der Waals surface area contributed by atoms with Gasteiger partial charge >= 0.3 is 0 Å². The van der Waals surface area contributed by atoms with Crippen LogP contribution in [0.3, 0.4) is 0 Å². The maximum atomic E-state index is 12.8. The summed E-state index contributed by atoms with van der Waals surface area (Å²) in [5.74, 6) is 1.52. The molecule has 0 aliphatic rings. The minimum atomic E-state index is -0.212. The van der Waals surface area contributed by atoms with E-state index in [4.69, 9.17) is 9.47 Å². The molecule has 0 saturated heterocycles. The monoisotopic (exact) mass is 531 g/mol. The van der Waals surface area contributed by atoms with Gasteiger partial charge < -0.3 is 20.1 Å². The molecule has 0 saturated carbocycles. The van der Waals surface area contributed by atoms with Crippen LogP contribution in [0.4, 0.5) is 5.69 Å². The molecule has 0 spiro atoms. The lowest BCUT2D eigenvalue weighted by Gasteiger charge is -2.14. The number of aryl methyl sites for hydroxylation is 2. The lowest BCUT2D eigenvalue weighted by atomic mass is 10.1. The van der Waals surface area contributed by atoms with E-state index in [0.717, 1.165) is 11.1 Å². The summed E-state index contributed by atoms with van der Waals surface area (Å²) >= 11 is 1.24. The van der Waals surface area contributed by atoms with Crippen molar-refractivity contribution >= 4 is 29.3 Å². The minimum absolute atomic E-state index is 0.105. The van der Waals surface area contributed by atoms with E-state index in [1.807, 2.05) is 50.2 Å². The molecule has 4 aromatic rings. The summed E-state index contributed by atoms with van der Waals surface area (Å²) in [5.41, 5.74) is 4.10. The SMILES string of the molecule is COc1ccc(NC(=O)CSc2nnc(CNC(=O)c3ccc(C)c(C)c3)n2-c2ccccc2OC)cc1. The van der Waals surface area contributed by atoms with Crippen LogP contribution in [0.1, 0.15) is 27.3 Å². The number of aromatic nitrogens is 3. The Hall–Kier alpha value is -4.31. The number of hydrogen-bond donors (Lipinski definition) is 2. The second-order valence-electron chi connectivity index (χ2n) is 8.45. The maximum Gasteiger partial charge on any atom is 0.251 e. The van der Waals surface area contributed by atoms with Gasteiger partial charge in [-0.15, -0.1) is 10.2 Å². The van der Waals surface area contributed by atoms with E-state index < -0.39 is 0 Å². The minimum Gasteiger partial charge on any atom is -0.497 e. The molecule has 196 valence electrons. The highest BCUT2D eigenvalue weighted by atomic mass is 32.2. The number of carbonyl (C=O) groups excluding carboxylic acids is 2. The van der Waals surface area contributed by atoms with Crippen molar-refractivity contribution in [3.05, 3.63) is 89.2 Å². The number of anilines is 1. The van der Waals surface area contributed by atoms with Crippen LogP contribution in [-0.4, -0.2) is 46.6 Å². The summed E-state index contributed by atoms with van der Waals surface area (Å²) in [4.78, 5) is 25.5. The van der Waals surface area contributed by atoms with Gasteiger partial charge in [0.1, 0.15) is 11.5 Å². The lowest BCUT2D eigenvalue weighted by molar-refractivity contribution is -0.113. The topological polar surface area (TPSA) is 107 Å². The van der Waals surface area contributed by atoms with Crippen molar-refractivity contribution < 1.29 is 19.1 Å². The summed E-state index contributed by atoms with van der Waals surface area (Å²) in [6.07, 6.45) is 0. The van der Waals surface area contributed by atoms with Crippen LogP contribution in [0.2, 0.25) is 0 Å². The van der Waals surface area contributed by atoms with E-state index in [1.165, 1.54) is 11.8 Å². The van der Waals surface area contributed by atoms with Crippen molar-refractivity contribution in [2.24, 2.45) is 0 Å². The molecule has 9 nitrogen and oxygen atoms in total. The van der Waals surface area contributed by atoms with Gasteiger partial charge in [0.2, 0.25) is 5.91 Å². The predicted molar refractivity (Wildman–Crippen MR) is 147 cm³/mol. The first-order valence-corrected chi connectivity index (χ1v) is 12.9. The number of rotatable bonds is 10. The fraction of sp³-hybridized carbons (Fsp3) is 0.214. The zero-order chi connectivity index (χ0) is 27.1. The van der Waals surface area contributed by atoms with Crippen LogP contribution in [0, 0.1) is 13.8 Å². The summed E-state index contributed by atoms with van der Waals surface area (Å²) < 4.78 is 12.5. The second-order valence-corrected chi connectivity index (χ2v) is 9.40. The smallest absolute Gasteiger partial charge is 0.251 e. The van der Waals surface area contributed by atoms with Gasteiger partial charge in [0.25, 0.3) is 5.91 Å². The van der Waals surface area contributed by atoms with Crippen molar-refractivity contribution in [1.29, 1.82) is 0 Å². The summed E-state index contributed by atoms with van der Waals surface area (Å²) in [6, 6.07) is 20.1. The Morgan fingerprint density at radius 2 is 1.68 bits per heavy atom. The zero-order valence-electron chi connectivity index (χ0n) is 21.6. The summed E-state index contributed by atoms with van der Waals surface area (Å²) in [7, 11) is 3.17. The molecule has 0 aliphatic heterocycles. The van der Waals surface area contributed by atoms with Crippen LogP contribution in [-0.2, 0) is 11.3 Å². The first kappa shape index (κ1) is 26.7. The highest BCUT2D eigenvalue weighted by Gasteiger charge is 2.19. The first-order chi connectivity index (χ1) is 18.4. The quantitative estimate of drug-likeness (QED) is 0.289. The number of ether oxygens (including phenoxy) is 2. The van der Waals surface area contributed by atoms with Crippen molar-refractivity contribution in [3.63, 3.8) is 0 Å². The molecule has 1 aromatic heterocycles. The van der Waals surface area contributed by atoms with E-state index in [2.05, 4.69) is 20.8 Å². The Bertz CT molecular complexity index is 1440. The molecule has 0 bridgehead atoms. The largest absolute Gasteiger partial charge is 0.497 e. The average Bonchev–Trinajstić information content (AvgIpc) is 3.34. The third-order valence-electron chi connectivity index (χ3n) is 5.91. The molecular formula is C28H29N5O4S. The molecule has 0 radical (unpaired) electrons. The number of amides is 2. The van der Waals surface area contributed by atoms with Crippen LogP contribution in [0.15, 0.2) is 71.9 Å². The van der Waals surface area contributed by atoms with Crippen LogP contribution >= 0.6 is 11.8 Å². The van der Waals surface area contributed by atoms with Gasteiger partial charge in [-0.1, -0.05) is 30.0 Å². The Labute approximate surface area is 225 Å². The van der Waals surface area contributed by atoms with Crippen LogP contribution in [0.25, 0.3) is 5.69 Å². The molecule has 10 heteroatoms. The molecule has 0 unspecified atom stereocenters. The molecular weight excluding hydrogens is 502 g/mol. The number of hydrogen-bond acceptors (Lipinski definition) is 7. The standard InChI is InChI=1S/C28H29N5O4S/c1-18-9-10-20(15-19(18)2)27(35)29-16-25-31-32-28(33(25)23-7-5-6-8-24(23)37-4)38-17-26(34)30-21-11-13-22(36-3)14-12-21/h5-15H,16-17H2,1-4H3,(H,29,35)(H,30,34). The number of nitrogens with one attached hydrogen (secondary N) is 2. The fourth-order valence-corrected chi connectivity index (χ4v) is 4.47. The van der Waals surface area contributed by atoms with Crippen molar-refractivity contribution in [1.82, 2.24) is 20.1 Å². The van der Waals surface area contributed by atoms with Gasteiger partial charge in [0, 0.05) is 11.3 Å². The number of carbonyl (C=O) groups is 2. The van der Waals surface area contributed by atoms with E-state index in [0.29, 0.717) is 39.4 Å². The van der Waals surface area contributed by atoms with E-state index >= 15 is 0 Å². The second kappa shape index (κ2) is 12.3. The van der Waals surface area contributed by atoms with Gasteiger partial charge in [0.15, 0.2) is 11.0 Å². The van der Waals surface area contributed by atoms with Gasteiger partial charge in [-0.25, -0.2) is 0 Å². The van der Waals surface area contributed by atoms with Crippen molar-refractivity contribution in [3.8, 4) is 17.2 Å². The third kappa shape index (κ3) is 6.33. The summed E-state index contributed by atoms with van der Waals surface area (Å²) in [6.45, 7) is 4.11. The van der Waals surface area contributed by atoms with Crippen LogP contribution < -0.4 is 20.1 Å². The average molecular weight is 532 g/mol. The molecule has 4 rings (SSSR count). The van der Waals surface area contributed by atoms with Crippen molar-refractivity contribution in [2.45, 2.75) is 25.5 Å². The molecule has 2 amide bonds. The van der Waals surface area contributed by atoms with Gasteiger partial charge in [0.05, 0.1) is 32.2 Å². The van der Waals surface area contributed by atoms with Gasteiger partial charge in [-0.3, -0.25) is 14.2 Å². The number of nitrogens with zero attached hydrogens (tertiary/aromatic N) is 3. The fourth-order valence-electron chi connectivity index (χ4n) is 3.71. The summed E-state index contributed by atoms with van der Waals surface area (Å²) in [5, 5.41) is 14.9. The van der Waals surface area contributed by atoms with Gasteiger partial charge in [-0.2, -0.15) is 0 Å². The number of benzene rings is 3. The lowest BCUT2D eigenvalue weighted by Crippen LogP contribution is -2.25. The highest BCUT2D eigenvalue weighted by Crippen LogP contribution is 2.29. The van der Waals surface area contributed by atoms with E-state index in [-0.39, 0.29) is 24.1 Å². The molecule has 0 atom stereocenters. The van der Waals surface area contributed by atoms with E-state index in [9.17, 15) is 9.59 Å². The normalized spacial score (nSPS) is 10.6. The Morgan fingerprint density at radius 3 is 2.39 bits per heavy atom. The maximum absolute atomic E-state index is 12.8. The zero-order valence-corrected chi connectivity index (χ0v) is 22.5. The Balaban J connectivity index is 1.52. The number of methoxy groups -OCH3 is 2. The molecule has 38 heavy (non-hydrogen) atoms. The van der Waals surface area contributed by atoms with E-state index in [1.54, 1.807) is 49.1 Å². The first-order valence-electron chi connectivity index (χ1n) is 11.9. The van der Waals surface area contributed by atoms with Gasteiger partial charge in [-0.05, 0) is 73.5 Å². The molecule has 3 aromatic carbocycles.